The van der Waals surface area contributed by atoms with Crippen molar-refractivity contribution < 1.29 is 23.9 Å². The van der Waals surface area contributed by atoms with Gasteiger partial charge in [0.15, 0.2) is 0 Å². The normalized spacial score (nSPS) is 19.9. The maximum Gasteiger partial charge on any atom is 0.410 e. The Morgan fingerprint density at radius 1 is 0.926 bits per heavy atom. The highest BCUT2D eigenvalue weighted by Gasteiger charge is 2.54. The quantitative estimate of drug-likeness (QED) is 0.181. The molecule has 54 heavy (non-hydrogen) atoms. The molecule has 0 bridgehead atoms. The molecular weight excluding hydrogens is 731 g/mol. The van der Waals surface area contributed by atoms with Gasteiger partial charge >= 0.3 is 6.09 Å². The number of pyridine rings is 1. The Morgan fingerprint density at radius 3 is 2.19 bits per heavy atom. The molecule has 282 valence electrons. The molecule has 2 fully saturated rings. The zero-order valence-electron chi connectivity index (χ0n) is 30.5. The first-order valence-corrected chi connectivity index (χ1v) is 18.6. The first-order chi connectivity index (χ1) is 25.5. The zero-order valence-corrected chi connectivity index (χ0v) is 32.0. The number of halogens is 2. The zero-order chi connectivity index (χ0) is 38.6. The molecule has 15 heteroatoms. The van der Waals surface area contributed by atoms with Crippen molar-refractivity contribution in [1.82, 2.24) is 30.1 Å². The van der Waals surface area contributed by atoms with Crippen molar-refractivity contribution in [1.29, 1.82) is 0 Å². The molecule has 2 aliphatic heterocycles. The second kappa shape index (κ2) is 13.6. The third-order valence-corrected chi connectivity index (χ3v) is 10.7. The van der Waals surface area contributed by atoms with Crippen LogP contribution in [0, 0.1) is 0 Å². The largest absolute Gasteiger partial charge is 0.444 e. The average molecular weight is 774 g/mol. The number of imidazole rings is 1. The van der Waals surface area contributed by atoms with Crippen LogP contribution in [-0.4, -0.2) is 67.5 Å². The van der Waals surface area contributed by atoms with Crippen molar-refractivity contribution in [2.45, 2.75) is 82.0 Å². The Morgan fingerprint density at radius 2 is 1.59 bits per heavy atom. The van der Waals surface area contributed by atoms with Gasteiger partial charge in [-0.1, -0.05) is 41.4 Å². The molecule has 4 N–H and O–H groups in total. The van der Waals surface area contributed by atoms with Gasteiger partial charge in [0.2, 0.25) is 11.9 Å². The van der Waals surface area contributed by atoms with E-state index in [1.165, 1.54) is 11.1 Å². The highest BCUT2D eigenvalue weighted by molar-refractivity contribution is 6.35. The number of carbonyl (C=O) groups excluding carboxylic acids is 4. The number of fused-ring (bicyclic) bond motifs is 1. The molecule has 3 aliphatic rings. The van der Waals surface area contributed by atoms with E-state index in [0.717, 1.165) is 11.3 Å². The minimum absolute atomic E-state index is 0.0690. The van der Waals surface area contributed by atoms with Gasteiger partial charge in [-0.25, -0.2) is 14.7 Å². The van der Waals surface area contributed by atoms with Crippen LogP contribution in [0.25, 0.3) is 0 Å². The lowest BCUT2D eigenvalue weighted by atomic mass is 9.85. The van der Waals surface area contributed by atoms with Gasteiger partial charge in [0, 0.05) is 41.4 Å². The van der Waals surface area contributed by atoms with Gasteiger partial charge in [-0.05, 0) is 101 Å². The van der Waals surface area contributed by atoms with Crippen LogP contribution in [0.1, 0.15) is 75.1 Å². The van der Waals surface area contributed by atoms with Gasteiger partial charge in [0.25, 0.3) is 11.8 Å². The molecule has 1 atom stereocenters. The summed E-state index contributed by atoms with van der Waals surface area (Å²) in [7, 11) is 0. The summed E-state index contributed by atoms with van der Waals surface area (Å²) < 4.78 is 7.22. The number of nitrogens with one attached hydrogen (secondary N) is 2. The Bertz CT molecular complexity index is 2100. The smallest absolute Gasteiger partial charge is 0.410 e. The number of hydrogen-bond donors (Lipinski definition) is 3. The summed E-state index contributed by atoms with van der Waals surface area (Å²) in [5.41, 5.74) is 4.36. The van der Waals surface area contributed by atoms with Crippen LogP contribution in [0.2, 0.25) is 10.0 Å². The van der Waals surface area contributed by atoms with E-state index in [4.69, 9.17) is 33.7 Å². The lowest BCUT2D eigenvalue weighted by Gasteiger charge is -2.42. The molecule has 4 heterocycles. The number of benzene rings is 2. The lowest BCUT2D eigenvalue weighted by Crippen LogP contribution is -2.65. The van der Waals surface area contributed by atoms with E-state index in [0.29, 0.717) is 34.3 Å². The van der Waals surface area contributed by atoms with E-state index in [-0.39, 0.29) is 55.8 Å². The molecule has 0 unspecified atom stereocenters. The molecular formula is C39H42Cl2N8O5. The van der Waals surface area contributed by atoms with Crippen LogP contribution >= 0.6 is 23.2 Å². The minimum atomic E-state index is -1.43. The van der Waals surface area contributed by atoms with Crippen molar-refractivity contribution in [2.24, 2.45) is 0 Å². The topological polar surface area (TPSA) is 165 Å². The number of ether oxygens (including phenoxy) is 1. The minimum Gasteiger partial charge on any atom is -0.444 e. The summed E-state index contributed by atoms with van der Waals surface area (Å²) in [5, 5.41) is 6.92. The van der Waals surface area contributed by atoms with E-state index in [9.17, 15) is 19.2 Å². The predicted molar refractivity (Wildman–Crippen MR) is 205 cm³/mol. The number of piperidine rings is 1. The van der Waals surface area contributed by atoms with Crippen LogP contribution in [-0.2, 0) is 31.8 Å². The molecule has 2 aromatic heterocycles. The highest BCUT2D eigenvalue weighted by atomic mass is 35.5. The summed E-state index contributed by atoms with van der Waals surface area (Å²) in [4.78, 5) is 68.9. The van der Waals surface area contributed by atoms with Crippen molar-refractivity contribution in [3.05, 3.63) is 100 Å². The van der Waals surface area contributed by atoms with E-state index in [1.807, 2.05) is 30.3 Å². The molecule has 7 rings (SSSR count). The number of amides is 4. The summed E-state index contributed by atoms with van der Waals surface area (Å²) in [6.07, 6.45) is 4.36. The van der Waals surface area contributed by atoms with Crippen LogP contribution in [0.4, 0.5) is 22.1 Å². The second-order valence-electron chi connectivity index (χ2n) is 15.5. The number of nitrogens with zero attached hydrogens (tertiary/aromatic N) is 5. The molecule has 0 radical (unpaired) electrons. The molecule has 2 aromatic carbocycles. The van der Waals surface area contributed by atoms with Gasteiger partial charge in [-0.2, -0.15) is 0 Å². The van der Waals surface area contributed by atoms with Gasteiger partial charge in [0.05, 0.1) is 23.1 Å². The van der Waals surface area contributed by atoms with E-state index >= 15 is 0 Å². The third-order valence-electron chi connectivity index (χ3n) is 10.3. The van der Waals surface area contributed by atoms with Gasteiger partial charge < -0.3 is 26.0 Å². The molecule has 0 spiro atoms. The first-order valence-electron chi connectivity index (χ1n) is 17.8. The van der Waals surface area contributed by atoms with Crippen molar-refractivity contribution >= 4 is 64.3 Å². The number of hydrogen-bond acceptors (Lipinski definition) is 8. The Labute approximate surface area is 323 Å². The predicted octanol–water partition coefficient (Wildman–Crippen LogP) is 6.11. The lowest BCUT2D eigenvalue weighted by molar-refractivity contribution is -0.130. The standard InChI is InChI=1S/C39H42Cl2N8O5/c1-36(2,3)54-35(53)47-17-14-39(15-18-47,32(51)46-38(12-13-38)30-7-5-6-16-43-30)45-31(50)29-23-44-34-48(28-20-25(40)19-26(41)21-28)33(52)37(4,49(29)34)22-24-8-10-27(42)11-9-24/h5-11,16,19-21,23H,12-15,17-18,22,42H2,1-4H3,(H,45,50)(H,46,51)/t37-/m1/s1. The van der Waals surface area contributed by atoms with Gasteiger partial charge in [-0.15, -0.1) is 0 Å². The Hall–Kier alpha value is -5.14. The summed E-state index contributed by atoms with van der Waals surface area (Å²) >= 11 is 12.8. The number of likely N-dealkylation sites (tertiary alicyclic amines) is 1. The van der Waals surface area contributed by atoms with Crippen molar-refractivity contribution in [2.75, 3.05) is 23.7 Å². The maximum atomic E-state index is 14.7. The number of nitrogen functional groups attached to an aromatic ring is 1. The monoisotopic (exact) mass is 772 g/mol. The number of carbonyl (C=O) groups is 4. The fraction of sp³-hybridized carbons (Fsp3) is 0.385. The molecule has 4 amide bonds. The maximum absolute atomic E-state index is 14.7. The highest BCUT2D eigenvalue weighted by Crippen LogP contribution is 2.46. The van der Waals surface area contributed by atoms with Gasteiger partial charge in [-0.3, -0.25) is 23.9 Å². The van der Waals surface area contributed by atoms with Crippen LogP contribution < -0.4 is 21.3 Å². The molecule has 1 saturated heterocycles. The average Bonchev–Trinajstić information content (AvgIpc) is 3.70. The number of rotatable bonds is 8. The molecule has 1 aliphatic carbocycles. The fourth-order valence-corrected chi connectivity index (χ4v) is 7.82. The van der Waals surface area contributed by atoms with Crippen LogP contribution in [0.15, 0.2) is 73.1 Å². The fourth-order valence-electron chi connectivity index (χ4n) is 7.30. The molecule has 1 saturated carbocycles. The Kier molecular flexibility index (Phi) is 9.38. The van der Waals surface area contributed by atoms with Crippen LogP contribution in [0.3, 0.4) is 0 Å². The molecule has 4 aromatic rings. The molecule has 13 nitrogen and oxygen atoms in total. The SMILES string of the molecule is CC(C)(C)OC(=O)N1CCC(NC(=O)c2cnc3n2[C@](C)(Cc2ccc(N)cc2)C(=O)N3c2cc(Cl)cc(Cl)c2)(C(=O)NC2(c3ccccn3)CC2)CC1. The van der Waals surface area contributed by atoms with Crippen molar-refractivity contribution in [3.63, 3.8) is 0 Å². The van der Waals surface area contributed by atoms with Crippen LogP contribution in [0.5, 0.6) is 0 Å². The number of aromatic nitrogens is 3. The summed E-state index contributed by atoms with van der Waals surface area (Å²) in [6.45, 7) is 7.41. The van der Waals surface area contributed by atoms with Crippen molar-refractivity contribution in [3.8, 4) is 0 Å². The number of anilines is 3. The third kappa shape index (κ3) is 6.98. The second-order valence-corrected chi connectivity index (χ2v) is 16.4. The number of nitrogens with two attached hydrogens (primary N) is 1. The van der Waals surface area contributed by atoms with E-state index < -0.39 is 34.2 Å². The van der Waals surface area contributed by atoms with E-state index in [2.05, 4.69) is 20.6 Å². The van der Waals surface area contributed by atoms with E-state index in [1.54, 1.807) is 73.7 Å². The summed E-state index contributed by atoms with van der Waals surface area (Å²) in [6, 6.07) is 17.5. The summed E-state index contributed by atoms with van der Waals surface area (Å²) in [5.74, 6) is -1.18. The Balaban J connectivity index is 1.25. The first kappa shape index (κ1) is 37.2. The van der Waals surface area contributed by atoms with Gasteiger partial charge in [0.1, 0.15) is 22.4 Å².